The van der Waals surface area contributed by atoms with Crippen molar-refractivity contribution in [2.45, 2.75) is 34.2 Å². The van der Waals surface area contributed by atoms with Crippen LogP contribution in [-0.2, 0) is 6.54 Å². The summed E-state index contributed by atoms with van der Waals surface area (Å²) in [6, 6.07) is 7.27. The van der Waals surface area contributed by atoms with E-state index < -0.39 is 0 Å². The van der Waals surface area contributed by atoms with E-state index in [9.17, 15) is 4.79 Å². The summed E-state index contributed by atoms with van der Waals surface area (Å²) in [6.45, 7) is 8.27. The Morgan fingerprint density at radius 3 is 2.77 bits per heavy atom. The largest absolute Gasteiger partial charge is 0.478 e. The van der Waals surface area contributed by atoms with Crippen molar-refractivity contribution in [3.8, 4) is 17.1 Å². The lowest BCUT2D eigenvalue weighted by Gasteiger charge is -2.09. The molecule has 4 heterocycles. The van der Waals surface area contributed by atoms with Crippen LogP contribution in [0.1, 0.15) is 40.1 Å². The Hall–Kier alpha value is -3.68. The summed E-state index contributed by atoms with van der Waals surface area (Å²) in [4.78, 5) is 21.8. The summed E-state index contributed by atoms with van der Waals surface area (Å²) in [5, 5.41) is 7.53. The molecule has 8 nitrogen and oxygen atoms in total. The van der Waals surface area contributed by atoms with Crippen LogP contribution in [0.15, 0.2) is 39.4 Å². The number of nitrogens with zero attached hydrogens (tertiary/aromatic N) is 3. The van der Waals surface area contributed by atoms with E-state index in [1.807, 2.05) is 32.9 Å². The Kier molecular flexibility index (Phi) is 5.22. The predicted molar refractivity (Wildman–Crippen MR) is 110 cm³/mol. The molecule has 30 heavy (non-hydrogen) atoms. The molecule has 0 aromatic carbocycles. The van der Waals surface area contributed by atoms with Crippen LogP contribution < -0.4 is 10.1 Å². The zero-order chi connectivity index (χ0) is 21.3. The number of pyridine rings is 2. The number of hydrogen-bond acceptors (Lipinski definition) is 7. The van der Waals surface area contributed by atoms with E-state index in [4.69, 9.17) is 13.7 Å². The van der Waals surface area contributed by atoms with Gasteiger partial charge in [0.25, 0.3) is 11.6 Å². The Labute approximate surface area is 173 Å². The van der Waals surface area contributed by atoms with Crippen LogP contribution in [-0.4, -0.2) is 27.6 Å². The highest BCUT2D eigenvalue weighted by molar-refractivity contribution is 6.07. The number of ether oxygens (including phenoxy) is 1. The molecule has 0 atom stereocenters. The molecule has 0 bridgehead atoms. The standard InChI is InChI=1S/C22H22N4O4/c1-5-28-19-9-15(6-7-23-19)11-24-21(27)17-10-18(16-8-12(2)29-14(16)4)25-22-20(17)13(3)26-30-22/h6-10H,5,11H2,1-4H3,(H,24,27). The van der Waals surface area contributed by atoms with Gasteiger partial charge in [0, 0.05) is 24.4 Å². The molecule has 8 heteroatoms. The Morgan fingerprint density at radius 2 is 2.03 bits per heavy atom. The molecule has 4 rings (SSSR count). The first-order valence-corrected chi connectivity index (χ1v) is 9.66. The van der Waals surface area contributed by atoms with Gasteiger partial charge >= 0.3 is 0 Å². The molecule has 0 saturated carbocycles. The van der Waals surface area contributed by atoms with Gasteiger partial charge in [0.2, 0.25) is 5.88 Å². The number of aromatic nitrogens is 3. The van der Waals surface area contributed by atoms with E-state index in [-0.39, 0.29) is 5.91 Å². The third-order valence-corrected chi connectivity index (χ3v) is 4.72. The zero-order valence-electron chi connectivity index (χ0n) is 17.3. The van der Waals surface area contributed by atoms with Crippen molar-refractivity contribution in [1.82, 2.24) is 20.4 Å². The van der Waals surface area contributed by atoms with Crippen LogP contribution in [0.5, 0.6) is 5.88 Å². The smallest absolute Gasteiger partial charge is 0.259 e. The van der Waals surface area contributed by atoms with E-state index >= 15 is 0 Å². The maximum absolute atomic E-state index is 13.1. The molecular formula is C22H22N4O4. The summed E-state index contributed by atoms with van der Waals surface area (Å²) in [7, 11) is 0. The predicted octanol–water partition coefficient (Wildman–Crippen LogP) is 4.13. The highest BCUT2D eigenvalue weighted by atomic mass is 16.5. The fourth-order valence-electron chi connectivity index (χ4n) is 3.36. The van der Waals surface area contributed by atoms with Gasteiger partial charge in [0.15, 0.2) is 0 Å². The number of carbonyl (C=O) groups excluding carboxylic acids is 1. The second-order valence-electron chi connectivity index (χ2n) is 6.95. The monoisotopic (exact) mass is 406 g/mol. The molecule has 0 aliphatic heterocycles. The van der Waals surface area contributed by atoms with Crippen molar-refractivity contribution in [2.24, 2.45) is 0 Å². The van der Waals surface area contributed by atoms with E-state index in [1.165, 1.54) is 0 Å². The first-order chi connectivity index (χ1) is 14.5. The van der Waals surface area contributed by atoms with Crippen molar-refractivity contribution in [3.05, 3.63) is 58.8 Å². The normalized spacial score (nSPS) is 11.1. The molecule has 4 aromatic rings. The van der Waals surface area contributed by atoms with Gasteiger partial charge in [-0.3, -0.25) is 4.79 Å². The van der Waals surface area contributed by atoms with Gasteiger partial charge < -0.3 is 19.0 Å². The average molecular weight is 406 g/mol. The second-order valence-corrected chi connectivity index (χ2v) is 6.95. The van der Waals surface area contributed by atoms with Gasteiger partial charge in [-0.05, 0) is 51.5 Å². The van der Waals surface area contributed by atoms with Crippen molar-refractivity contribution in [1.29, 1.82) is 0 Å². The average Bonchev–Trinajstić information content (AvgIpc) is 3.27. The van der Waals surface area contributed by atoms with E-state index in [2.05, 4.69) is 20.4 Å². The number of aryl methyl sites for hydroxylation is 3. The molecule has 0 aliphatic carbocycles. The third-order valence-electron chi connectivity index (χ3n) is 4.72. The molecule has 0 radical (unpaired) electrons. The van der Waals surface area contributed by atoms with Gasteiger partial charge in [-0.2, -0.15) is 0 Å². The van der Waals surface area contributed by atoms with Crippen LogP contribution >= 0.6 is 0 Å². The van der Waals surface area contributed by atoms with Gasteiger partial charge in [-0.1, -0.05) is 5.16 Å². The lowest BCUT2D eigenvalue weighted by molar-refractivity contribution is 0.0952. The minimum atomic E-state index is -0.248. The van der Waals surface area contributed by atoms with E-state index in [0.29, 0.717) is 47.1 Å². The van der Waals surface area contributed by atoms with Crippen molar-refractivity contribution >= 4 is 17.0 Å². The van der Waals surface area contributed by atoms with Crippen LogP contribution in [0, 0.1) is 20.8 Å². The maximum atomic E-state index is 13.1. The number of nitrogens with one attached hydrogen (secondary N) is 1. The van der Waals surface area contributed by atoms with Crippen LogP contribution in [0.25, 0.3) is 22.4 Å². The van der Waals surface area contributed by atoms with E-state index in [1.54, 1.807) is 25.3 Å². The van der Waals surface area contributed by atoms with Crippen molar-refractivity contribution < 1.29 is 18.5 Å². The number of carbonyl (C=O) groups is 1. The SMILES string of the molecule is CCOc1cc(CNC(=O)c2cc(-c3cc(C)oc3C)nc3onc(C)c23)ccn1. The summed E-state index contributed by atoms with van der Waals surface area (Å²) in [5.74, 6) is 1.77. The van der Waals surface area contributed by atoms with Crippen LogP contribution in [0.4, 0.5) is 0 Å². The lowest BCUT2D eigenvalue weighted by Crippen LogP contribution is -2.23. The zero-order valence-corrected chi connectivity index (χ0v) is 17.3. The van der Waals surface area contributed by atoms with Gasteiger partial charge in [-0.15, -0.1) is 0 Å². The fraction of sp³-hybridized carbons (Fsp3) is 0.273. The molecule has 1 N–H and O–H groups in total. The molecule has 0 aliphatic rings. The molecular weight excluding hydrogens is 384 g/mol. The molecule has 0 spiro atoms. The van der Waals surface area contributed by atoms with E-state index in [0.717, 1.165) is 22.6 Å². The number of rotatable bonds is 6. The molecule has 4 aromatic heterocycles. The lowest BCUT2D eigenvalue weighted by atomic mass is 10.1. The minimum absolute atomic E-state index is 0.248. The Balaban J connectivity index is 1.67. The molecule has 0 fully saturated rings. The summed E-state index contributed by atoms with van der Waals surface area (Å²) in [5.41, 5.74) is 3.67. The topological polar surface area (TPSA) is 103 Å². The van der Waals surface area contributed by atoms with Gasteiger partial charge in [0.1, 0.15) is 11.5 Å². The number of furan rings is 1. The molecule has 0 saturated heterocycles. The fourth-order valence-corrected chi connectivity index (χ4v) is 3.36. The number of fused-ring (bicyclic) bond motifs is 1. The van der Waals surface area contributed by atoms with Crippen molar-refractivity contribution in [2.75, 3.05) is 6.61 Å². The third kappa shape index (κ3) is 3.76. The summed E-state index contributed by atoms with van der Waals surface area (Å²) in [6.07, 6.45) is 1.66. The maximum Gasteiger partial charge on any atom is 0.259 e. The van der Waals surface area contributed by atoms with Gasteiger partial charge in [-0.25, -0.2) is 9.97 Å². The first kappa shape index (κ1) is 19.6. The highest BCUT2D eigenvalue weighted by Crippen LogP contribution is 2.30. The summed E-state index contributed by atoms with van der Waals surface area (Å²) < 4.78 is 16.4. The van der Waals surface area contributed by atoms with Crippen molar-refractivity contribution in [3.63, 3.8) is 0 Å². The van der Waals surface area contributed by atoms with Crippen LogP contribution in [0.2, 0.25) is 0 Å². The van der Waals surface area contributed by atoms with Crippen LogP contribution in [0.3, 0.4) is 0 Å². The number of amides is 1. The minimum Gasteiger partial charge on any atom is -0.478 e. The second kappa shape index (κ2) is 7.98. The first-order valence-electron chi connectivity index (χ1n) is 9.66. The Bertz CT molecular complexity index is 1230. The summed E-state index contributed by atoms with van der Waals surface area (Å²) >= 11 is 0. The molecule has 154 valence electrons. The molecule has 0 unspecified atom stereocenters. The van der Waals surface area contributed by atoms with Gasteiger partial charge in [0.05, 0.1) is 28.9 Å². The Morgan fingerprint density at radius 1 is 1.20 bits per heavy atom. The number of hydrogen-bond donors (Lipinski definition) is 1. The quantitative estimate of drug-likeness (QED) is 0.513. The molecule has 1 amide bonds. The highest BCUT2D eigenvalue weighted by Gasteiger charge is 2.21.